The Balaban J connectivity index is 0.00000220. The molecule has 0 aliphatic heterocycles. The predicted molar refractivity (Wildman–Crippen MR) is 86.3 cm³/mol. The Bertz CT molecular complexity index is 565. The molecule has 1 heterocycles. The summed E-state index contributed by atoms with van der Waals surface area (Å²) in [6.07, 6.45) is 6.09. The zero-order valence-electron chi connectivity index (χ0n) is 12.1. The monoisotopic (exact) mass is 308 g/mol. The van der Waals surface area contributed by atoms with Crippen LogP contribution in [0.25, 0.3) is 0 Å². The lowest BCUT2D eigenvalue weighted by Crippen LogP contribution is -2.26. The first-order chi connectivity index (χ1) is 9.63. The van der Waals surface area contributed by atoms with Gasteiger partial charge in [-0.1, -0.05) is 12.1 Å². The smallest absolute Gasteiger partial charge is 0.224 e. The van der Waals surface area contributed by atoms with Gasteiger partial charge in [0.1, 0.15) is 0 Å². The van der Waals surface area contributed by atoms with Gasteiger partial charge in [0.15, 0.2) is 0 Å². The molecular weight excluding hydrogens is 288 g/mol. The summed E-state index contributed by atoms with van der Waals surface area (Å²) in [5.41, 5.74) is 8.49. The molecule has 3 N–H and O–H groups in total. The van der Waals surface area contributed by atoms with Crippen LogP contribution in [0, 0.1) is 0 Å². The van der Waals surface area contributed by atoms with Gasteiger partial charge < -0.3 is 11.1 Å². The van der Waals surface area contributed by atoms with Crippen molar-refractivity contribution >= 4 is 24.0 Å². The second-order valence-electron chi connectivity index (χ2n) is 4.89. The molecule has 0 saturated heterocycles. The fourth-order valence-corrected chi connectivity index (χ4v) is 2.00. The number of aromatic nitrogens is 2. The van der Waals surface area contributed by atoms with Crippen LogP contribution in [-0.2, 0) is 24.7 Å². The largest absolute Gasteiger partial charge is 0.399 e. The summed E-state index contributed by atoms with van der Waals surface area (Å²) < 4.78 is 1.79. The van der Waals surface area contributed by atoms with E-state index in [-0.39, 0.29) is 18.3 Å². The van der Waals surface area contributed by atoms with Crippen molar-refractivity contribution in [1.82, 2.24) is 15.1 Å². The van der Waals surface area contributed by atoms with E-state index in [1.165, 1.54) is 5.56 Å². The molecule has 6 heteroatoms. The molecule has 0 atom stereocenters. The molecule has 1 amide bonds. The first-order valence-corrected chi connectivity index (χ1v) is 6.72. The Morgan fingerprint density at radius 2 is 2.00 bits per heavy atom. The van der Waals surface area contributed by atoms with E-state index in [9.17, 15) is 4.79 Å². The van der Waals surface area contributed by atoms with Crippen molar-refractivity contribution < 1.29 is 4.79 Å². The fourth-order valence-electron chi connectivity index (χ4n) is 2.00. The number of rotatable bonds is 6. The highest BCUT2D eigenvalue weighted by molar-refractivity contribution is 5.85. The van der Waals surface area contributed by atoms with Gasteiger partial charge >= 0.3 is 0 Å². The van der Waals surface area contributed by atoms with Crippen LogP contribution in [0.3, 0.4) is 0 Å². The van der Waals surface area contributed by atoms with Crippen LogP contribution in [0.15, 0.2) is 36.7 Å². The van der Waals surface area contributed by atoms with E-state index in [0.717, 1.165) is 18.4 Å². The molecule has 2 aromatic rings. The van der Waals surface area contributed by atoms with Crippen LogP contribution in [-0.4, -0.2) is 22.2 Å². The van der Waals surface area contributed by atoms with Gasteiger partial charge in [0.25, 0.3) is 0 Å². The molecule has 0 aliphatic rings. The maximum Gasteiger partial charge on any atom is 0.224 e. The van der Waals surface area contributed by atoms with E-state index in [2.05, 4.69) is 10.4 Å². The second kappa shape index (κ2) is 8.32. The van der Waals surface area contributed by atoms with Gasteiger partial charge in [-0.2, -0.15) is 5.10 Å². The predicted octanol–water partition coefficient (Wildman–Crippen LogP) is 1.72. The number of benzene rings is 1. The summed E-state index contributed by atoms with van der Waals surface area (Å²) in [5, 5.41) is 7.04. The quantitative estimate of drug-likeness (QED) is 0.630. The van der Waals surface area contributed by atoms with Crippen molar-refractivity contribution in [2.75, 3.05) is 12.3 Å². The van der Waals surface area contributed by atoms with Crippen LogP contribution in [0.5, 0.6) is 0 Å². The van der Waals surface area contributed by atoms with E-state index in [1.54, 1.807) is 4.68 Å². The molecule has 0 saturated carbocycles. The average molecular weight is 309 g/mol. The van der Waals surface area contributed by atoms with Gasteiger partial charge in [-0.05, 0) is 36.1 Å². The number of halogens is 1. The zero-order chi connectivity index (χ0) is 14.4. The Morgan fingerprint density at radius 3 is 2.62 bits per heavy atom. The number of nitrogens with two attached hydrogens (primary N) is 1. The Kier molecular flexibility index (Phi) is 6.75. The second-order valence-corrected chi connectivity index (χ2v) is 4.89. The highest BCUT2D eigenvalue weighted by atomic mass is 35.5. The van der Waals surface area contributed by atoms with Crippen LogP contribution in [0.1, 0.15) is 17.5 Å². The number of aryl methyl sites for hydroxylation is 2. The summed E-state index contributed by atoms with van der Waals surface area (Å²) in [4.78, 5) is 11.8. The van der Waals surface area contributed by atoms with Crippen LogP contribution in [0.2, 0.25) is 0 Å². The number of hydrogen-bond donors (Lipinski definition) is 2. The van der Waals surface area contributed by atoms with Gasteiger partial charge in [0.2, 0.25) is 5.91 Å². The third-order valence-corrected chi connectivity index (χ3v) is 3.07. The molecule has 0 unspecified atom stereocenters. The number of nitrogen functional groups attached to an aromatic ring is 1. The van der Waals surface area contributed by atoms with Gasteiger partial charge in [0.05, 0.1) is 12.6 Å². The fraction of sp³-hybridized carbons (Fsp3) is 0.333. The summed E-state index contributed by atoms with van der Waals surface area (Å²) >= 11 is 0. The number of nitrogens with zero attached hydrogens (tertiary/aromatic N) is 2. The van der Waals surface area contributed by atoms with Gasteiger partial charge in [-0.3, -0.25) is 9.48 Å². The minimum Gasteiger partial charge on any atom is -0.399 e. The first-order valence-electron chi connectivity index (χ1n) is 6.72. The lowest BCUT2D eigenvalue weighted by Gasteiger charge is -2.05. The minimum absolute atomic E-state index is 0. The highest BCUT2D eigenvalue weighted by Crippen LogP contribution is 2.06. The topological polar surface area (TPSA) is 72.9 Å². The highest BCUT2D eigenvalue weighted by Gasteiger charge is 2.03. The molecule has 5 nitrogen and oxygen atoms in total. The van der Waals surface area contributed by atoms with Crippen molar-refractivity contribution in [3.8, 4) is 0 Å². The van der Waals surface area contributed by atoms with Gasteiger partial charge in [0, 0.05) is 25.5 Å². The summed E-state index contributed by atoms with van der Waals surface area (Å²) in [6.45, 7) is 0.683. The van der Waals surface area contributed by atoms with E-state index in [1.807, 2.05) is 43.7 Å². The lowest BCUT2D eigenvalue weighted by molar-refractivity contribution is -0.120. The first kappa shape index (κ1) is 17.0. The van der Waals surface area contributed by atoms with E-state index in [0.29, 0.717) is 18.7 Å². The molecule has 1 aromatic heterocycles. The molecule has 1 aromatic carbocycles. The summed E-state index contributed by atoms with van der Waals surface area (Å²) in [7, 11) is 1.90. The maximum absolute atomic E-state index is 11.8. The molecule has 0 fully saturated rings. The number of carbonyl (C=O) groups is 1. The molecular formula is C15H21ClN4O. The third-order valence-electron chi connectivity index (χ3n) is 3.07. The van der Waals surface area contributed by atoms with Crippen molar-refractivity contribution in [3.63, 3.8) is 0 Å². The molecule has 114 valence electrons. The van der Waals surface area contributed by atoms with Gasteiger partial charge in [-0.25, -0.2) is 0 Å². The van der Waals surface area contributed by atoms with Crippen molar-refractivity contribution in [2.45, 2.75) is 19.3 Å². The molecule has 2 rings (SSSR count). The third kappa shape index (κ3) is 5.87. The molecule has 0 radical (unpaired) electrons. The number of anilines is 1. The number of hydrogen-bond acceptors (Lipinski definition) is 3. The standard InChI is InChI=1S/C15H20N4O.ClH/c1-19-11-13(10-18-19)3-2-8-17-15(20)9-12-4-6-14(16)7-5-12;/h4-7,10-11H,2-3,8-9,16H2,1H3,(H,17,20);1H. The summed E-state index contributed by atoms with van der Waals surface area (Å²) in [5.74, 6) is 0.0426. The normalized spacial score (nSPS) is 9.95. The van der Waals surface area contributed by atoms with Crippen molar-refractivity contribution in [3.05, 3.63) is 47.8 Å². The van der Waals surface area contributed by atoms with Crippen molar-refractivity contribution in [1.29, 1.82) is 0 Å². The molecule has 21 heavy (non-hydrogen) atoms. The van der Waals surface area contributed by atoms with Crippen molar-refractivity contribution in [2.24, 2.45) is 7.05 Å². The Labute approximate surface area is 130 Å². The Morgan fingerprint density at radius 1 is 1.29 bits per heavy atom. The minimum atomic E-state index is 0. The molecule has 0 spiro atoms. The number of amides is 1. The van der Waals surface area contributed by atoms with Crippen LogP contribution in [0.4, 0.5) is 5.69 Å². The Hall–Kier alpha value is -2.01. The maximum atomic E-state index is 11.8. The molecule has 0 aliphatic carbocycles. The van der Waals surface area contributed by atoms with Gasteiger partial charge in [-0.15, -0.1) is 12.4 Å². The molecule has 0 bridgehead atoms. The zero-order valence-corrected chi connectivity index (χ0v) is 12.9. The average Bonchev–Trinajstić information content (AvgIpc) is 2.83. The van der Waals surface area contributed by atoms with E-state index < -0.39 is 0 Å². The number of carbonyl (C=O) groups excluding carboxylic acids is 1. The SMILES string of the molecule is Cl.Cn1cc(CCCNC(=O)Cc2ccc(N)cc2)cn1. The number of nitrogens with one attached hydrogen (secondary N) is 1. The van der Waals surface area contributed by atoms with Crippen LogP contribution < -0.4 is 11.1 Å². The lowest BCUT2D eigenvalue weighted by atomic mass is 10.1. The van der Waals surface area contributed by atoms with Crippen LogP contribution >= 0.6 is 12.4 Å². The van der Waals surface area contributed by atoms with E-state index >= 15 is 0 Å². The van der Waals surface area contributed by atoms with E-state index in [4.69, 9.17) is 5.73 Å². The summed E-state index contributed by atoms with van der Waals surface area (Å²) in [6, 6.07) is 7.38.